The Morgan fingerprint density at radius 1 is 0.783 bits per heavy atom. The Morgan fingerprint density at radius 2 is 1.52 bits per heavy atom. The van der Waals surface area contributed by atoms with Gasteiger partial charge in [-0.2, -0.15) is 0 Å². The fourth-order valence-electron chi connectivity index (χ4n) is 5.46. The van der Waals surface area contributed by atoms with Crippen LogP contribution in [0.2, 0.25) is 0 Å². The van der Waals surface area contributed by atoms with Gasteiger partial charge in [0.1, 0.15) is 0 Å². The molecule has 7 nitrogen and oxygen atoms in total. The molecule has 0 unspecified atom stereocenters. The molecule has 2 N–H and O–H groups in total. The van der Waals surface area contributed by atoms with Crippen molar-refractivity contribution in [2.45, 2.75) is 48.5 Å². The summed E-state index contributed by atoms with van der Waals surface area (Å²) >= 11 is 1.67. The lowest BCUT2D eigenvalue weighted by molar-refractivity contribution is -0.268. The van der Waals surface area contributed by atoms with Crippen LogP contribution >= 0.6 is 11.8 Å². The van der Waals surface area contributed by atoms with E-state index in [1.54, 1.807) is 48.3 Å². The molecule has 1 aliphatic heterocycles. The van der Waals surface area contributed by atoms with Gasteiger partial charge in [-0.1, -0.05) is 97.9 Å². The number of aliphatic hydroxyl groups is 1. The van der Waals surface area contributed by atoms with Crippen LogP contribution < -0.4 is 4.72 Å². The molecule has 9 heteroatoms. The zero-order chi connectivity index (χ0) is 31.9. The smallest absolute Gasteiger partial charge is 0.240 e. The maximum Gasteiger partial charge on any atom is 0.240 e. The van der Waals surface area contributed by atoms with Gasteiger partial charge in [0.15, 0.2) is 6.29 Å². The third-order valence-corrected chi connectivity index (χ3v) is 10.6. The second kappa shape index (κ2) is 14.7. The van der Waals surface area contributed by atoms with Crippen LogP contribution in [-0.2, 0) is 32.6 Å². The third kappa shape index (κ3) is 7.75. The molecule has 0 spiro atoms. The molecule has 46 heavy (non-hydrogen) atoms. The summed E-state index contributed by atoms with van der Waals surface area (Å²) in [5.41, 5.74) is 5.65. The zero-order valence-electron chi connectivity index (χ0n) is 25.4. The van der Waals surface area contributed by atoms with Gasteiger partial charge in [0.05, 0.1) is 28.7 Å². The van der Waals surface area contributed by atoms with E-state index in [0.717, 1.165) is 44.2 Å². The van der Waals surface area contributed by atoms with E-state index in [-0.39, 0.29) is 36.2 Å². The highest BCUT2D eigenvalue weighted by atomic mass is 32.2. The summed E-state index contributed by atoms with van der Waals surface area (Å²) in [7, 11) is -3.60. The Morgan fingerprint density at radius 3 is 2.24 bits per heavy atom. The standard InChI is InChI=1S/C37H36N2O5S2/c1-26-34(25-45-35-12-5-6-21-38-35)43-37(44-36(26)30-15-13-27(24-40)14-16-30)31-19-17-29(18-20-31)32-9-7-8-28(22-32)23-39-46(41,42)33-10-3-2-4-11-33/h2-22,26,34,36-37,39-40H,23-25H2,1H3/t26-,34+,36+,37+/m1/s1. The molecule has 236 valence electrons. The van der Waals surface area contributed by atoms with E-state index in [4.69, 9.17) is 9.47 Å². The fraction of sp³-hybridized carbons (Fsp3) is 0.216. The summed E-state index contributed by atoms with van der Waals surface area (Å²) in [5, 5.41) is 10.5. The molecular weight excluding hydrogens is 617 g/mol. The number of thioether (sulfide) groups is 1. The Hall–Kier alpha value is -3.83. The van der Waals surface area contributed by atoms with Crippen molar-refractivity contribution in [3.05, 3.63) is 150 Å². The highest BCUT2D eigenvalue weighted by molar-refractivity contribution is 7.99. The maximum atomic E-state index is 12.7. The topological polar surface area (TPSA) is 97.8 Å². The number of ether oxygens (including phenoxy) is 2. The van der Waals surface area contributed by atoms with E-state index < -0.39 is 16.3 Å². The third-order valence-electron chi connectivity index (χ3n) is 8.12. The van der Waals surface area contributed by atoms with Gasteiger partial charge in [-0.05, 0) is 58.1 Å². The number of sulfonamides is 1. The molecule has 0 aliphatic carbocycles. The monoisotopic (exact) mass is 652 g/mol. The lowest BCUT2D eigenvalue weighted by Crippen LogP contribution is -2.38. The van der Waals surface area contributed by atoms with E-state index in [2.05, 4.69) is 16.6 Å². The lowest BCUT2D eigenvalue weighted by Gasteiger charge is -2.41. The van der Waals surface area contributed by atoms with Crippen LogP contribution in [0.5, 0.6) is 0 Å². The van der Waals surface area contributed by atoms with Crippen molar-refractivity contribution in [3.8, 4) is 11.1 Å². The molecule has 2 heterocycles. The first-order valence-electron chi connectivity index (χ1n) is 15.2. The zero-order valence-corrected chi connectivity index (χ0v) is 27.0. The minimum Gasteiger partial charge on any atom is -0.392 e. The van der Waals surface area contributed by atoms with Crippen molar-refractivity contribution >= 4 is 21.8 Å². The first-order chi connectivity index (χ1) is 22.4. The summed E-state index contributed by atoms with van der Waals surface area (Å²) in [6, 6.07) is 38.1. The van der Waals surface area contributed by atoms with E-state index >= 15 is 0 Å². The van der Waals surface area contributed by atoms with Gasteiger partial charge in [0.25, 0.3) is 0 Å². The summed E-state index contributed by atoms with van der Waals surface area (Å²) in [4.78, 5) is 4.70. The SMILES string of the molecule is C[C@@H]1[C@H](CSc2ccccn2)O[C@H](c2ccc(-c3cccc(CNS(=O)(=O)c4ccccc4)c3)cc2)O[C@@H]1c1ccc(CO)cc1. The van der Waals surface area contributed by atoms with Gasteiger partial charge in [-0.25, -0.2) is 18.1 Å². The molecule has 1 aliphatic rings. The van der Waals surface area contributed by atoms with Gasteiger partial charge in [-0.15, -0.1) is 11.8 Å². The minimum absolute atomic E-state index is 0.00497. The van der Waals surface area contributed by atoms with E-state index in [0.29, 0.717) is 0 Å². The Kier molecular flexibility index (Phi) is 10.3. The van der Waals surface area contributed by atoms with Crippen molar-refractivity contribution in [3.63, 3.8) is 0 Å². The number of hydrogen-bond donors (Lipinski definition) is 2. The van der Waals surface area contributed by atoms with Crippen LogP contribution in [0, 0.1) is 5.92 Å². The number of pyridine rings is 1. The minimum atomic E-state index is -3.60. The van der Waals surface area contributed by atoms with Crippen LogP contribution in [-0.4, -0.2) is 30.4 Å². The molecule has 5 aromatic rings. The van der Waals surface area contributed by atoms with Gasteiger partial charge >= 0.3 is 0 Å². The van der Waals surface area contributed by atoms with Crippen LogP contribution in [0.15, 0.2) is 137 Å². The molecule has 0 bridgehead atoms. The average molecular weight is 653 g/mol. The van der Waals surface area contributed by atoms with Crippen LogP contribution in [0.4, 0.5) is 0 Å². The number of nitrogens with zero attached hydrogens (tertiary/aromatic N) is 1. The number of nitrogens with one attached hydrogen (secondary N) is 1. The van der Waals surface area contributed by atoms with Crippen molar-refractivity contribution in [1.29, 1.82) is 0 Å². The first kappa shape index (κ1) is 32.1. The van der Waals surface area contributed by atoms with Gasteiger partial charge < -0.3 is 14.6 Å². The number of rotatable bonds is 11. The van der Waals surface area contributed by atoms with Gasteiger partial charge in [0, 0.05) is 30.0 Å². The number of hydrogen-bond acceptors (Lipinski definition) is 7. The lowest BCUT2D eigenvalue weighted by atomic mass is 9.91. The number of benzene rings is 4. The Balaban J connectivity index is 1.19. The molecule has 1 fully saturated rings. The van der Waals surface area contributed by atoms with Crippen LogP contribution in [0.25, 0.3) is 11.1 Å². The first-order valence-corrected chi connectivity index (χ1v) is 17.6. The van der Waals surface area contributed by atoms with Crippen molar-refractivity contribution in [2.24, 2.45) is 5.92 Å². The summed E-state index contributed by atoms with van der Waals surface area (Å²) < 4.78 is 41.3. The Bertz CT molecular complexity index is 1820. The normalized spacial score (nSPS) is 20.0. The maximum absolute atomic E-state index is 12.7. The van der Waals surface area contributed by atoms with Crippen LogP contribution in [0.3, 0.4) is 0 Å². The summed E-state index contributed by atoms with van der Waals surface area (Å²) in [6.07, 6.45) is 0.938. The largest absolute Gasteiger partial charge is 0.392 e. The summed E-state index contributed by atoms with van der Waals surface area (Å²) in [6.45, 7) is 2.33. The average Bonchev–Trinajstić information content (AvgIpc) is 3.11. The molecule has 0 radical (unpaired) electrons. The molecule has 4 atom stereocenters. The highest BCUT2D eigenvalue weighted by Crippen LogP contribution is 2.43. The van der Waals surface area contributed by atoms with E-state index in [9.17, 15) is 13.5 Å². The Labute approximate surface area is 274 Å². The number of aliphatic hydroxyl groups excluding tert-OH is 1. The van der Waals surface area contributed by atoms with Crippen molar-refractivity contribution in [2.75, 3.05) is 5.75 Å². The molecule has 6 rings (SSSR count). The molecule has 0 saturated carbocycles. The molecular formula is C37H36N2O5S2. The fourth-order valence-corrected chi connectivity index (χ4v) is 7.53. The molecule has 4 aromatic carbocycles. The van der Waals surface area contributed by atoms with E-state index in [1.165, 1.54) is 0 Å². The van der Waals surface area contributed by atoms with Gasteiger partial charge in [-0.3, -0.25) is 0 Å². The quantitative estimate of drug-likeness (QED) is 0.145. The molecule has 1 saturated heterocycles. The van der Waals surface area contributed by atoms with Crippen molar-refractivity contribution < 1.29 is 23.0 Å². The van der Waals surface area contributed by atoms with Gasteiger partial charge in [0.2, 0.25) is 10.0 Å². The van der Waals surface area contributed by atoms with Crippen molar-refractivity contribution in [1.82, 2.24) is 9.71 Å². The molecule has 1 aromatic heterocycles. The van der Waals surface area contributed by atoms with Crippen LogP contribution in [0.1, 0.15) is 41.6 Å². The predicted octanol–water partition coefficient (Wildman–Crippen LogP) is 7.30. The molecule has 0 amide bonds. The number of aromatic nitrogens is 1. The predicted molar refractivity (Wildman–Crippen MR) is 180 cm³/mol. The van der Waals surface area contributed by atoms with E-state index in [1.807, 2.05) is 91.0 Å². The highest BCUT2D eigenvalue weighted by Gasteiger charge is 2.38. The second-order valence-electron chi connectivity index (χ2n) is 11.3. The second-order valence-corrected chi connectivity index (χ2v) is 14.1. The summed E-state index contributed by atoms with van der Waals surface area (Å²) in [5.74, 6) is 0.802.